The van der Waals surface area contributed by atoms with E-state index in [2.05, 4.69) is 17.0 Å². The van der Waals surface area contributed by atoms with Crippen molar-refractivity contribution in [2.24, 2.45) is 0 Å². The molecular formula is C19H22FNO2. The molecule has 0 bridgehead atoms. The van der Waals surface area contributed by atoms with Gasteiger partial charge in [0.15, 0.2) is 0 Å². The van der Waals surface area contributed by atoms with Crippen molar-refractivity contribution in [1.29, 1.82) is 0 Å². The van der Waals surface area contributed by atoms with Crippen molar-refractivity contribution in [3.05, 3.63) is 65.0 Å². The zero-order valence-corrected chi connectivity index (χ0v) is 13.6. The average Bonchev–Trinajstić information content (AvgIpc) is 2.54. The molecule has 0 amide bonds. The van der Waals surface area contributed by atoms with Crippen molar-refractivity contribution in [1.82, 2.24) is 4.90 Å². The summed E-state index contributed by atoms with van der Waals surface area (Å²) < 4.78 is 23.7. The second kappa shape index (κ2) is 7.11. The van der Waals surface area contributed by atoms with E-state index < -0.39 is 0 Å². The third kappa shape index (κ3) is 3.54. The highest BCUT2D eigenvalue weighted by Gasteiger charge is 2.29. The standard InChI is InChI=1S/C19H22FNO2/c1-22-13-16-11-14(3-8-19(16)23-2)12-21-10-9-18(21)15-4-6-17(20)7-5-15/h3-8,11,18H,9-10,12-13H2,1-2H3. The topological polar surface area (TPSA) is 21.7 Å². The highest BCUT2D eigenvalue weighted by molar-refractivity contribution is 5.37. The summed E-state index contributed by atoms with van der Waals surface area (Å²) in [6, 6.07) is 13.5. The van der Waals surface area contributed by atoms with Crippen LogP contribution < -0.4 is 4.74 Å². The predicted octanol–water partition coefficient (Wildman–Crippen LogP) is 3.93. The second-order valence-corrected chi connectivity index (χ2v) is 5.91. The molecule has 1 atom stereocenters. The van der Waals surface area contributed by atoms with Gasteiger partial charge in [-0.2, -0.15) is 0 Å². The van der Waals surface area contributed by atoms with Gasteiger partial charge >= 0.3 is 0 Å². The Bertz CT molecular complexity index is 657. The molecule has 23 heavy (non-hydrogen) atoms. The summed E-state index contributed by atoms with van der Waals surface area (Å²) in [7, 11) is 3.36. The van der Waals surface area contributed by atoms with E-state index in [1.54, 1.807) is 14.2 Å². The lowest BCUT2D eigenvalue weighted by atomic mass is 9.94. The molecule has 0 N–H and O–H groups in total. The minimum atomic E-state index is -0.181. The first kappa shape index (κ1) is 16.0. The Hall–Kier alpha value is -1.91. The molecule has 122 valence electrons. The summed E-state index contributed by atoms with van der Waals surface area (Å²) in [5.74, 6) is 0.674. The van der Waals surface area contributed by atoms with E-state index in [1.807, 2.05) is 18.2 Å². The van der Waals surface area contributed by atoms with Gasteiger partial charge in [0, 0.05) is 31.8 Å². The van der Waals surface area contributed by atoms with Gasteiger partial charge in [-0.05, 0) is 41.8 Å². The molecule has 1 fully saturated rings. The molecule has 0 saturated carbocycles. The highest BCUT2D eigenvalue weighted by atomic mass is 19.1. The molecule has 1 heterocycles. The van der Waals surface area contributed by atoms with Crippen molar-refractivity contribution in [3.8, 4) is 5.75 Å². The largest absolute Gasteiger partial charge is 0.496 e. The molecule has 1 aliphatic heterocycles. The number of likely N-dealkylation sites (tertiary alicyclic amines) is 1. The van der Waals surface area contributed by atoms with Crippen LogP contribution in [0.1, 0.15) is 29.2 Å². The quantitative estimate of drug-likeness (QED) is 0.806. The van der Waals surface area contributed by atoms with E-state index in [9.17, 15) is 4.39 Å². The molecule has 4 heteroatoms. The SMILES string of the molecule is COCc1cc(CN2CCC2c2ccc(F)cc2)ccc1OC. The first-order valence-corrected chi connectivity index (χ1v) is 7.85. The van der Waals surface area contributed by atoms with E-state index in [4.69, 9.17) is 9.47 Å². The number of nitrogens with zero attached hydrogens (tertiary/aromatic N) is 1. The van der Waals surface area contributed by atoms with Gasteiger partial charge in [0.1, 0.15) is 11.6 Å². The number of hydrogen-bond donors (Lipinski definition) is 0. The Morgan fingerprint density at radius 1 is 1.13 bits per heavy atom. The van der Waals surface area contributed by atoms with Gasteiger partial charge in [0.2, 0.25) is 0 Å². The molecule has 0 aromatic heterocycles. The smallest absolute Gasteiger partial charge is 0.124 e. The van der Waals surface area contributed by atoms with Crippen LogP contribution >= 0.6 is 0 Å². The molecule has 1 aliphatic rings. The van der Waals surface area contributed by atoms with Crippen LogP contribution in [0.2, 0.25) is 0 Å². The molecule has 0 aliphatic carbocycles. The van der Waals surface area contributed by atoms with E-state index in [-0.39, 0.29) is 5.82 Å². The van der Waals surface area contributed by atoms with Crippen LogP contribution in [0.4, 0.5) is 4.39 Å². The Balaban J connectivity index is 1.71. The van der Waals surface area contributed by atoms with Crippen LogP contribution in [-0.2, 0) is 17.9 Å². The van der Waals surface area contributed by atoms with Gasteiger partial charge in [0.25, 0.3) is 0 Å². The second-order valence-electron chi connectivity index (χ2n) is 5.91. The number of ether oxygens (including phenoxy) is 2. The monoisotopic (exact) mass is 315 g/mol. The molecule has 2 aromatic carbocycles. The number of benzene rings is 2. The summed E-state index contributed by atoms with van der Waals surface area (Å²) in [5, 5.41) is 0. The number of halogens is 1. The van der Waals surface area contributed by atoms with Crippen LogP contribution in [0.5, 0.6) is 5.75 Å². The fourth-order valence-corrected chi connectivity index (χ4v) is 3.13. The van der Waals surface area contributed by atoms with Crippen LogP contribution in [0.3, 0.4) is 0 Å². The van der Waals surface area contributed by atoms with E-state index in [1.165, 1.54) is 23.3 Å². The molecule has 0 spiro atoms. The summed E-state index contributed by atoms with van der Waals surface area (Å²) in [6.45, 7) is 2.48. The van der Waals surface area contributed by atoms with Crippen LogP contribution in [-0.4, -0.2) is 25.7 Å². The summed E-state index contributed by atoms with van der Waals surface area (Å²) >= 11 is 0. The third-order valence-corrected chi connectivity index (χ3v) is 4.42. The van der Waals surface area contributed by atoms with E-state index in [0.29, 0.717) is 12.6 Å². The summed E-state index contributed by atoms with van der Waals surface area (Å²) in [5.41, 5.74) is 3.49. The fourth-order valence-electron chi connectivity index (χ4n) is 3.13. The van der Waals surface area contributed by atoms with Gasteiger partial charge in [-0.3, -0.25) is 4.90 Å². The lowest BCUT2D eigenvalue weighted by Crippen LogP contribution is -2.40. The number of rotatable bonds is 6. The van der Waals surface area contributed by atoms with Gasteiger partial charge < -0.3 is 9.47 Å². The molecule has 3 nitrogen and oxygen atoms in total. The van der Waals surface area contributed by atoms with E-state index in [0.717, 1.165) is 30.8 Å². The van der Waals surface area contributed by atoms with Gasteiger partial charge in [-0.15, -0.1) is 0 Å². The fraction of sp³-hybridized carbons (Fsp3) is 0.368. The highest BCUT2D eigenvalue weighted by Crippen LogP contribution is 2.35. The van der Waals surface area contributed by atoms with Gasteiger partial charge in [0.05, 0.1) is 13.7 Å². The lowest BCUT2D eigenvalue weighted by molar-refractivity contribution is 0.0817. The van der Waals surface area contributed by atoms with Crippen molar-refractivity contribution in [2.45, 2.75) is 25.6 Å². The molecule has 0 radical (unpaired) electrons. The first-order chi connectivity index (χ1) is 11.2. The van der Waals surface area contributed by atoms with Crippen molar-refractivity contribution < 1.29 is 13.9 Å². The Kier molecular flexibility index (Phi) is 4.94. The number of methoxy groups -OCH3 is 2. The van der Waals surface area contributed by atoms with Crippen LogP contribution in [0.25, 0.3) is 0 Å². The molecule has 1 saturated heterocycles. The lowest BCUT2D eigenvalue weighted by Gasteiger charge is -2.41. The number of hydrogen-bond acceptors (Lipinski definition) is 3. The Morgan fingerprint density at radius 3 is 2.52 bits per heavy atom. The summed E-state index contributed by atoms with van der Waals surface area (Å²) in [6.07, 6.45) is 1.12. The summed E-state index contributed by atoms with van der Waals surface area (Å²) in [4.78, 5) is 2.41. The molecule has 1 unspecified atom stereocenters. The normalized spacial score (nSPS) is 17.8. The van der Waals surface area contributed by atoms with Crippen molar-refractivity contribution in [3.63, 3.8) is 0 Å². The average molecular weight is 315 g/mol. The minimum Gasteiger partial charge on any atom is -0.496 e. The van der Waals surface area contributed by atoms with Gasteiger partial charge in [-0.25, -0.2) is 4.39 Å². The van der Waals surface area contributed by atoms with Gasteiger partial charge in [-0.1, -0.05) is 18.2 Å². The molecule has 3 rings (SSSR count). The zero-order chi connectivity index (χ0) is 16.2. The first-order valence-electron chi connectivity index (χ1n) is 7.85. The van der Waals surface area contributed by atoms with Crippen molar-refractivity contribution >= 4 is 0 Å². The van der Waals surface area contributed by atoms with Crippen LogP contribution in [0.15, 0.2) is 42.5 Å². The maximum atomic E-state index is 13.1. The minimum absolute atomic E-state index is 0.181. The third-order valence-electron chi connectivity index (χ3n) is 4.42. The van der Waals surface area contributed by atoms with E-state index >= 15 is 0 Å². The zero-order valence-electron chi connectivity index (χ0n) is 13.6. The molecular weight excluding hydrogens is 293 g/mol. The predicted molar refractivity (Wildman–Crippen MR) is 87.9 cm³/mol. The maximum absolute atomic E-state index is 13.1. The molecule has 2 aromatic rings. The Morgan fingerprint density at radius 2 is 1.91 bits per heavy atom. The van der Waals surface area contributed by atoms with Crippen molar-refractivity contribution in [2.75, 3.05) is 20.8 Å². The maximum Gasteiger partial charge on any atom is 0.124 e. The van der Waals surface area contributed by atoms with Crippen LogP contribution in [0, 0.1) is 5.82 Å². The Labute approximate surface area is 136 Å².